The number of hydrogen-bond donors (Lipinski definition) is 1. The molecular weight excluding hydrogens is 228 g/mol. The van der Waals surface area contributed by atoms with E-state index in [1.54, 1.807) is 0 Å². The number of hydrogen-bond acceptors (Lipinski definition) is 5. The number of aryl methyl sites for hydroxylation is 1. The number of nitrogens with zero attached hydrogens (tertiary/aromatic N) is 3. The van der Waals surface area contributed by atoms with Crippen LogP contribution in [0.3, 0.4) is 0 Å². The van der Waals surface area contributed by atoms with Crippen LogP contribution in [0.15, 0.2) is 0 Å². The third kappa shape index (κ3) is 2.77. The molecule has 96 valence electrons. The van der Waals surface area contributed by atoms with Crippen LogP contribution in [-0.4, -0.2) is 29.5 Å². The van der Waals surface area contributed by atoms with Gasteiger partial charge < -0.3 is 10.1 Å². The van der Waals surface area contributed by atoms with Crippen molar-refractivity contribution in [2.24, 2.45) is 0 Å². The first kappa shape index (κ1) is 12.8. The van der Waals surface area contributed by atoms with Gasteiger partial charge in [0.2, 0.25) is 0 Å². The lowest BCUT2D eigenvalue weighted by Crippen LogP contribution is -2.27. The molecule has 1 unspecified atom stereocenters. The molecule has 2 rings (SSSR count). The molecule has 5 heteroatoms. The van der Waals surface area contributed by atoms with Crippen LogP contribution in [0.5, 0.6) is 0 Å². The molecule has 1 aliphatic rings. The number of nitriles is 1. The quantitative estimate of drug-likeness (QED) is 0.882. The third-order valence-corrected chi connectivity index (χ3v) is 3.34. The highest BCUT2D eigenvalue weighted by Gasteiger charge is 2.16. The van der Waals surface area contributed by atoms with Crippen molar-refractivity contribution in [3.8, 4) is 6.07 Å². The Morgan fingerprint density at radius 2 is 2.22 bits per heavy atom. The molecule has 1 fully saturated rings. The second-order valence-electron chi connectivity index (χ2n) is 4.62. The molecule has 0 radical (unpaired) electrons. The minimum absolute atomic E-state index is 0.216. The van der Waals surface area contributed by atoms with E-state index in [1.165, 1.54) is 6.42 Å². The molecule has 1 aromatic heterocycles. The van der Waals surface area contributed by atoms with Gasteiger partial charge in [-0.1, -0.05) is 0 Å². The number of anilines is 1. The largest absolute Gasteiger partial charge is 0.376 e. The van der Waals surface area contributed by atoms with Crippen molar-refractivity contribution in [1.29, 1.82) is 5.26 Å². The molecule has 0 amide bonds. The van der Waals surface area contributed by atoms with Crippen LogP contribution in [0.1, 0.15) is 36.1 Å². The summed E-state index contributed by atoms with van der Waals surface area (Å²) in [6, 6.07) is 2.19. The van der Waals surface area contributed by atoms with Crippen molar-refractivity contribution in [3.63, 3.8) is 0 Å². The Bertz CT molecular complexity index is 461. The van der Waals surface area contributed by atoms with E-state index in [2.05, 4.69) is 21.6 Å². The fraction of sp³-hybridized carbons (Fsp3) is 0.615. The lowest BCUT2D eigenvalue weighted by molar-refractivity contribution is 0.0247. The minimum Gasteiger partial charge on any atom is -0.376 e. The normalized spacial score (nSPS) is 19.3. The second-order valence-corrected chi connectivity index (χ2v) is 4.62. The zero-order valence-corrected chi connectivity index (χ0v) is 10.9. The standard InChI is InChI=1S/C13H18N4O/c1-9-10(2)16-17-13(12(9)7-14)15-8-11-5-3-4-6-18-11/h11H,3-6,8H2,1-2H3,(H,15,17). The molecule has 0 bridgehead atoms. The van der Waals surface area contributed by atoms with Crippen LogP contribution in [0.4, 0.5) is 5.82 Å². The van der Waals surface area contributed by atoms with Crippen molar-refractivity contribution in [3.05, 3.63) is 16.8 Å². The summed E-state index contributed by atoms with van der Waals surface area (Å²) >= 11 is 0. The van der Waals surface area contributed by atoms with Crippen LogP contribution in [0.25, 0.3) is 0 Å². The van der Waals surface area contributed by atoms with Gasteiger partial charge in [0.15, 0.2) is 5.82 Å². The van der Waals surface area contributed by atoms with Gasteiger partial charge in [0.05, 0.1) is 11.8 Å². The van der Waals surface area contributed by atoms with Crippen LogP contribution in [0.2, 0.25) is 0 Å². The first-order valence-corrected chi connectivity index (χ1v) is 6.32. The predicted octanol–water partition coefficient (Wildman–Crippen LogP) is 1.95. The molecule has 0 saturated carbocycles. The lowest BCUT2D eigenvalue weighted by atomic mass is 10.1. The molecule has 1 saturated heterocycles. The highest BCUT2D eigenvalue weighted by molar-refractivity contribution is 5.55. The maximum atomic E-state index is 9.17. The molecule has 0 aromatic carbocycles. The summed E-state index contributed by atoms with van der Waals surface area (Å²) < 4.78 is 5.63. The Balaban J connectivity index is 2.05. The van der Waals surface area contributed by atoms with E-state index in [0.29, 0.717) is 17.9 Å². The van der Waals surface area contributed by atoms with E-state index in [1.807, 2.05) is 13.8 Å². The van der Waals surface area contributed by atoms with Crippen molar-refractivity contribution in [1.82, 2.24) is 10.2 Å². The van der Waals surface area contributed by atoms with Crippen LogP contribution >= 0.6 is 0 Å². The summed E-state index contributed by atoms with van der Waals surface area (Å²) in [5, 5.41) is 20.5. The van der Waals surface area contributed by atoms with Gasteiger partial charge in [-0.2, -0.15) is 10.4 Å². The SMILES string of the molecule is Cc1nnc(NCC2CCCCO2)c(C#N)c1C. The van der Waals surface area contributed by atoms with E-state index in [0.717, 1.165) is 30.7 Å². The summed E-state index contributed by atoms with van der Waals surface area (Å²) in [5.74, 6) is 0.565. The second kappa shape index (κ2) is 5.78. The zero-order chi connectivity index (χ0) is 13.0. The van der Waals surface area contributed by atoms with Gasteiger partial charge in [-0.15, -0.1) is 5.10 Å². The summed E-state index contributed by atoms with van der Waals surface area (Å²) in [6.45, 7) is 5.27. The summed E-state index contributed by atoms with van der Waals surface area (Å²) in [6.07, 6.45) is 3.63. The Hall–Kier alpha value is -1.67. The maximum Gasteiger partial charge on any atom is 0.167 e. The Labute approximate surface area is 107 Å². The smallest absolute Gasteiger partial charge is 0.167 e. The topological polar surface area (TPSA) is 70.8 Å². The molecular formula is C13H18N4O. The molecule has 1 N–H and O–H groups in total. The molecule has 0 spiro atoms. The highest BCUT2D eigenvalue weighted by atomic mass is 16.5. The van der Waals surface area contributed by atoms with Gasteiger partial charge in [0, 0.05) is 13.2 Å². The number of aromatic nitrogens is 2. The zero-order valence-electron chi connectivity index (χ0n) is 10.9. The van der Waals surface area contributed by atoms with E-state index >= 15 is 0 Å². The van der Waals surface area contributed by atoms with E-state index in [4.69, 9.17) is 4.74 Å². The first-order valence-electron chi connectivity index (χ1n) is 6.32. The van der Waals surface area contributed by atoms with Gasteiger partial charge in [-0.05, 0) is 38.7 Å². The van der Waals surface area contributed by atoms with Crippen molar-refractivity contribution in [2.45, 2.75) is 39.2 Å². The number of ether oxygens (including phenoxy) is 1. The van der Waals surface area contributed by atoms with Gasteiger partial charge in [0.25, 0.3) is 0 Å². The summed E-state index contributed by atoms with van der Waals surface area (Å²) in [7, 11) is 0. The van der Waals surface area contributed by atoms with E-state index in [-0.39, 0.29) is 6.10 Å². The van der Waals surface area contributed by atoms with E-state index < -0.39 is 0 Å². The summed E-state index contributed by atoms with van der Waals surface area (Å²) in [4.78, 5) is 0. The van der Waals surface area contributed by atoms with Crippen LogP contribution < -0.4 is 5.32 Å². The fourth-order valence-corrected chi connectivity index (χ4v) is 2.05. The Morgan fingerprint density at radius 1 is 1.39 bits per heavy atom. The lowest BCUT2D eigenvalue weighted by Gasteiger charge is -2.23. The molecule has 1 atom stereocenters. The molecule has 0 aliphatic carbocycles. The highest BCUT2D eigenvalue weighted by Crippen LogP contribution is 2.18. The third-order valence-electron chi connectivity index (χ3n) is 3.34. The monoisotopic (exact) mass is 246 g/mol. The average molecular weight is 246 g/mol. The average Bonchev–Trinajstić information content (AvgIpc) is 2.41. The minimum atomic E-state index is 0.216. The first-order chi connectivity index (χ1) is 8.72. The molecule has 18 heavy (non-hydrogen) atoms. The molecule has 1 aliphatic heterocycles. The Kier molecular flexibility index (Phi) is 4.11. The predicted molar refractivity (Wildman–Crippen MR) is 68.3 cm³/mol. The van der Waals surface area contributed by atoms with Crippen molar-refractivity contribution >= 4 is 5.82 Å². The van der Waals surface area contributed by atoms with Gasteiger partial charge in [0.1, 0.15) is 11.6 Å². The molecule has 1 aromatic rings. The summed E-state index contributed by atoms with van der Waals surface area (Å²) in [5.41, 5.74) is 2.27. The van der Waals surface area contributed by atoms with Crippen molar-refractivity contribution < 1.29 is 4.74 Å². The van der Waals surface area contributed by atoms with Crippen LogP contribution in [-0.2, 0) is 4.74 Å². The molecule has 5 nitrogen and oxygen atoms in total. The van der Waals surface area contributed by atoms with E-state index in [9.17, 15) is 5.26 Å². The molecule has 2 heterocycles. The van der Waals surface area contributed by atoms with Gasteiger partial charge in [-0.25, -0.2) is 0 Å². The maximum absolute atomic E-state index is 9.17. The Morgan fingerprint density at radius 3 is 2.89 bits per heavy atom. The number of nitrogens with one attached hydrogen (secondary N) is 1. The number of rotatable bonds is 3. The van der Waals surface area contributed by atoms with Gasteiger partial charge >= 0.3 is 0 Å². The van der Waals surface area contributed by atoms with Crippen molar-refractivity contribution in [2.75, 3.05) is 18.5 Å². The fourth-order valence-electron chi connectivity index (χ4n) is 2.05. The van der Waals surface area contributed by atoms with Gasteiger partial charge in [-0.3, -0.25) is 0 Å². The van der Waals surface area contributed by atoms with Crippen LogP contribution in [0, 0.1) is 25.2 Å².